The lowest BCUT2D eigenvalue weighted by atomic mass is 10.2. The van der Waals surface area contributed by atoms with E-state index in [1.165, 1.54) is 6.20 Å². The van der Waals surface area contributed by atoms with Crippen molar-refractivity contribution in [3.8, 4) is 0 Å². The number of nitrogen functional groups attached to an aromatic ring is 1. The van der Waals surface area contributed by atoms with Gasteiger partial charge >= 0.3 is 0 Å². The molecule has 2 aromatic heterocycles. The van der Waals surface area contributed by atoms with E-state index in [1.807, 2.05) is 6.92 Å². The zero-order valence-corrected chi connectivity index (χ0v) is 11.5. The second kappa shape index (κ2) is 5.24. The molecule has 0 fully saturated rings. The van der Waals surface area contributed by atoms with E-state index < -0.39 is 0 Å². The first-order valence-corrected chi connectivity index (χ1v) is 6.58. The Morgan fingerprint density at radius 2 is 2.19 bits per heavy atom. The number of fused-ring (bicyclic) bond motifs is 1. The summed E-state index contributed by atoms with van der Waals surface area (Å²) in [4.78, 5) is 20.4. The highest BCUT2D eigenvalue weighted by atomic mass is 16.3. The fourth-order valence-electron chi connectivity index (χ4n) is 1.94. The lowest BCUT2D eigenvalue weighted by Crippen LogP contribution is -2.13. The summed E-state index contributed by atoms with van der Waals surface area (Å²) in [6, 6.07) is 8.54. The molecule has 6 heteroatoms. The third-order valence-electron chi connectivity index (χ3n) is 3.01. The highest BCUT2D eigenvalue weighted by molar-refractivity contribution is 6.03. The van der Waals surface area contributed by atoms with E-state index in [2.05, 4.69) is 15.3 Å². The summed E-state index contributed by atoms with van der Waals surface area (Å²) >= 11 is 0. The van der Waals surface area contributed by atoms with Crippen molar-refractivity contribution in [2.75, 3.05) is 11.1 Å². The molecule has 0 spiro atoms. The van der Waals surface area contributed by atoms with Crippen LogP contribution in [0, 0.1) is 0 Å². The molecule has 2 heterocycles. The second-order valence-electron chi connectivity index (χ2n) is 4.57. The highest BCUT2D eigenvalue weighted by Gasteiger charge is 2.09. The third-order valence-corrected chi connectivity index (χ3v) is 3.01. The van der Waals surface area contributed by atoms with Crippen molar-refractivity contribution in [3.05, 3.63) is 48.1 Å². The summed E-state index contributed by atoms with van der Waals surface area (Å²) in [6.07, 6.45) is 2.18. The van der Waals surface area contributed by atoms with E-state index in [4.69, 9.17) is 10.2 Å². The Hall–Kier alpha value is -2.89. The minimum Gasteiger partial charge on any atom is -0.441 e. The summed E-state index contributed by atoms with van der Waals surface area (Å²) in [5.74, 6) is 0.377. The summed E-state index contributed by atoms with van der Waals surface area (Å²) in [5, 5.41) is 2.77. The Balaban J connectivity index is 1.83. The minimum atomic E-state index is -0.298. The monoisotopic (exact) mass is 282 g/mol. The number of benzene rings is 1. The zero-order chi connectivity index (χ0) is 14.8. The number of nitrogens with one attached hydrogen (secondary N) is 1. The van der Waals surface area contributed by atoms with Gasteiger partial charge in [-0.1, -0.05) is 6.92 Å². The Labute approximate surface area is 121 Å². The molecule has 3 rings (SSSR count). The van der Waals surface area contributed by atoms with E-state index >= 15 is 0 Å². The van der Waals surface area contributed by atoms with Crippen LogP contribution < -0.4 is 11.1 Å². The average Bonchev–Trinajstić information content (AvgIpc) is 2.90. The first kappa shape index (κ1) is 13.1. The normalized spacial score (nSPS) is 10.7. The van der Waals surface area contributed by atoms with E-state index in [1.54, 1.807) is 30.3 Å². The van der Waals surface area contributed by atoms with Crippen molar-refractivity contribution in [1.82, 2.24) is 9.97 Å². The molecule has 0 unspecified atom stereocenters. The molecule has 0 saturated heterocycles. The summed E-state index contributed by atoms with van der Waals surface area (Å²) < 4.78 is 5.52. The van der Waals surface area contributed by atoms with E-state index in [9.17, 15) is 4.79 Å². The molecule has 21 heavy (non-hydrogen) atoms. The molecule has 0 bridgehead atoms. The number of carbonyl (C=O) groups is 1. The van der Waals surface area contributed by atoms with Gasteiger partial charge in [-0.3, -0.25) is 4.79 Å². The standard InChI is InChI=1S/C15H14N4O2/c1-2-14-19-12-7-10(4-6-13(12)21-14)18-15(20)11-5-3-9(16)8-17-11/h3-8H,2,16H2,1H3,(H,18,20). The van der Waals surface area contributed by atoms with Crippen molar-refractivity contribution in [2.24, 2.45) is 0 Å². The Kier molecular flexibility index (Phi) is 3.27. The van der Waals surface area contributed by atoms with E-state index in [0.29, 0.717) is 28.5 Å². The van der Waals surface area contributed by atoms with Gasteiger partial charge in [-0.2, -0.15) is 0 Å². The fourth-order valence-corrected chi connectivity index (χ4v) is 1.94. The quantitative estimate of drug-likeness (QED) is 0.770. The lowest BCUT2D eigenvalue weighted by molar-refractivity contribution is 0.102. The number of hydrogen-bond acceptors (Lipinski definition) is 5. The summed E-state index contributed by atoms with van der Waals surface area (Å²) in [5.41, 5.74) is 8.43. The van der Waals surface area contributed by atoms with Gasteiger partial charge in [0.15, 0.2) is 11.5 Å². The number of hydrogen-bond donors (Lipinski definition) is 2. The number of aromatic nitrogens is 2. The van der Waals surface area contributed by atoms with Crippen molar-refractivity contribution in [2.45, 2.75) is 13.3 Å². The maximum atomic E-state index is 12.1. The van der Waals surface area contributed by atoms with E-state index in [0.717, 1.165) is 11.9 Å². The predicted molar refractivity (Wildman–Crippen MR) is 80.0 cm³/mol. The average molecular weight is 282 g/mol. The Bertz CT molecular complexity index is 793. The van der Waals surface area contributed by atoms with Gasteiger partial charge in [-0.25, -0.2) is 9.97 Å². The van der Waals surface area contributed by atoms with Crippen LogP contribution in [0.1, 0.15) is 23.3 Å². The maximum Gasteiger partial charge on any atom is 0.274 e. The van der Waals surface area contributed by atoms with Crippen molar-refractivity contribution >= 4 is 28.4 Å². The Morgan fingerprint density at radius 3 is 2.90 bits per heavy atom. The first-order valence-electron chi connectivity index (χ1n) is 6.58. The predicted octanol–water partition coefficient (Wildman–Crippen LogP) is 2.62. The summed E-state index contributed by atoms with van der Waals surface area (Å²) in [6.45, 7) is 1.97. The number of anilines is 2. The molecule has 106 valence electrons. The summed E-state index contributed by atoms with van der Waals surface area (Å²) in [7, 11) is 0. The molecule has 6 nitrogen and oxygen atoms in total. The van der Waals surface area contributed by atoms with Gasteiger partial charge in [-0.05, 0) is 30.3 Å². The smallest absolute Gasteiger partial charge is 0.274 e. The molecule has 0 radical (unpaired) electrons. The number of nitrogens with two attached hydrogens (primary N) is 1. The molecule has 0 saturated carbocycles. The maximum absolute atomic E-state index is 12.1. The molecular weight excluding hydrogens is 268 g/mol. The number of pyridine rings is 1. The Morgan fingerprint density at radius 1 is 1.33 bits per heavy atom. The van der Waals surface area contributed by atoms with Crippen LogP contribution in [0.3, 0.4) is 0 Å². The number of aryl methyl sites for hydroxylation is 1. The molecular formula is C15H14N4O2. The molecule has 3 N–H and O–H groups in total. The van der Waals surface area contributed by atoms with Crippen LogP contribution in [0.4, 0.5) is 11.4 Å². The van der Waals surface area contributed by atoms with Crippen LogP contribution in [-0.2, 0) is 6.42 Å². The lowest BCUT2D eigenvalue weighted by Gasteiger charge is -2.04. The number of oxazole rings is 1. The van der Waals surface area contributed by atoms with Gasteiger partial charge in [0.05, 0.1) is 11.9 Å². The SMILES string of the molecule is CCc1nc2cc(NC(=O)c3ccc(N)cn3)ccc2o1. The molecule has 1 amide bonds. The molecule has 0 aliphatic heterocycles. The van der Waals surface area contributed by atoms with Crippen LogP contribution in [0.5, 0.6) is 0 Å². The topological polar surface area (TPSA) is 94.0 Å². The number of amides is 1. The molecule has 0 aliphatic rings. The van der Waals surface area contributed by atoms with Crippen molar-refractivity contribution in [1.29, 1.82) is 0 Å². The van der Waals surface area contributed by atoms with Gasteiger partial charge in [0.2, 0.25) is 0 Å². The minimum absolute atomic E-state index is 0.298. The van der Waals surface area contributed by atoms with Crippen LogP contribution in [0.2, 0.25) is 0 Å². The number of nitrogens with zero attached hydrogens (tertiary/aromatic N) is 2. The molecule has 0 atom stereocenters. The van der Waals surface area contributed by atoms with Gasteiger partial charge < -0.3 is 15.5 Å². The number of rotatable bonds is 3. The van der Waals surface area contributed by atoms with E-state index in [-0.39, 0.29) is 5.91 Å². The van der Waals surface area contributed by atoms with Gasteiger partial charge in [0.25, 0.3) is 5.91 Å². The highest BCUT2D eigenvalue weighted by Crippen LogP contribution is 2.20. The first-order chi connectivity index (χ1) is 10.2. The zero-order valence-electron chi connectivity index (χ0n) is 11.5. The fraction of sp³-hybridized carbons (Fsp3) is 0.133. The molecule has 1 aromatic carbocycles. The van der Waals surface area contributed by atoms with Gasteiger partial charge in [-0.15, -0.1) is 0 Å². The largest absolute Gasteiger partial charge is 0.441 e. The number of carbonyl (C=O) groups excluding carboxylic acids is 1. The molecule has 0 aliphatic carbocycles. The second-order valence-corrected chi connectivity index (χ2v) is 4.57. The molecule has 3 aromatic rings. The van der Waals surface area contributed by atoms with Crippen molar-refractivity contribution in [3.63, 3.8) is 0 Å². The van der Waals surface area contributed by atoms with Crippen molar-refractivity contribution < 1.29 is 9.21 Å². The van der Waals surface area contributed by atoms with Crippen LogP contribution >= 0.6 is 0 Å². The van der Waals surface area contributed by atoms with Gasteiger partial charge in [0, 0.05) is 12.1 Å². The third kappa shape index (κ3) is 2.69. The van der Waals surface area contributed by atoms with Crippen LogP contribution in [-0.4, -0.2) is 15.9 Å². The van der Waals surface area contributed by atoms with Crippen LogP contribution in [0.15, 0.2) is 40.9 Å². The van der Waals surface area contributed by atoms with Gasteiger partial charge in [0.1, 0.15) is 11.2 Å². The van der Waals surface area contributed by atoms with Crippen LogP contribution in [0.25, 0.3) is 11.1 Å².